The fourth-order valence-corrected chi connectivity index (χ4v) is 3.41. The van der Waals surface area contributed by atoms with Crippen LogP contribution in [0, 0.1) is 5.82 Å². The molecule has 0 saturated carbocycles. The van der Waals surface area contributed by atoms with E-state index in [0.717, 1.165) is 50.7 Å². The van der Waals surface area contributed by atoms with Gasteiger partial charge in [0.2, 0.25) is 0 Å². The zero-order valence-electron chi connectivity index (χ0n) is 17.5. The monoisotopic (exact) mass is 418 g/mol. The number of nitrogens with zero attached hydrogens (tertiary/aromatic N) is 2. The molecule has 1 heterocycles. The van der Waals surface area contributed by atoms with Gasteiger partial charge in [-0.25, -0.2) is 4.39 Å². The summed E-state index contributed by atoms with van der Waals surface area (Å²) in [6, 6.07) is 13.8. The fraction of sp³-hybridized carbons (Fsp3) is 0.478. The highest BCUT2D eigenvalue weighted by atomic mass is 19.1. The highest BCUT2D eigenvalue weighted by molar-refractivity contribution is 5.31. The van der Waals surface area contributed by atoms with Gasteiger partial charge in [-0.1, -0.05) is 12.1 Å². The van der Waals surface area contributed by atoms with Crippen LogP contribution in [0.15, 0.2) is 48.5 Å². The molecule has 2 aromatic rings. The molecule has 0 bridgehead atoms. The number of aliphatic hydroxyl groups is 1. The molecule has 0 radical (unpaired) electrons. The average molecular weight is 419 g/mol. The molecule has 3 rings (SSSR count). The van der Waals surface area contributed by atoms with Gasteiger partial charge in [0, 0.05) is 39.3 Å². The molecule has 0 spiro atoms. The van der Waals surface area contributed by atoms with Gasteiger partial charge in [-0.05, 0) is 42.0 Å². The minimum atomic E-state index is -0.641. The van der Waals surface area contributed by atoms with E-state index < -0.39 is 6.10 Å². The summed E-state index contributed by atoms with van der Waals surface area (Å²) in [5, 5.41) is 10.6. The molecule has 6 nitrogen and oxygen atoms in total. The zero-order chi connectivity index (χ0) is 21.2. The molecular formula is C23H31FN2O4. The molecule has 30 heavy (non-hydrogen) atoms. The summed E-state index contributed by atoms with van der Waals surface area (Å²) in [7, 11) is 1.62. The Labute approximate surface area is 177 Å². The molecule has 0 unspecified atom stereocenters. The van der Waals surface area contributed by atoms with Crippen LogP contribution in [0.5, 0.6) is 11.5 Å². The molecule has 1 atom stereocenters. The van der Waals surface area contributed by atoms with Crippen LogP contribution in [-0.4, -0.2) is 80.7 Å². The van der Waals surface area contributed by atoms with Gasteiger partial charge in [0.05, 0.1) is 20.3 Å². The topological polar surface area (TPSA) is 54.4 Å². The van der Waals surface area contributed by atoms with Crippen molar-refractivity contribution in [3.05, 3.63) is 59.9 Å². The van der Waals surface area contributed by atoms with Crippen LogP contribution in [0.2, 0.25) is 0 Å². The van der Waals surface area contributed by atoms with Crippen molar-refractivity contribution in [1.29, 1.82) is 0 Å². The van der Waals surface area contributed by atoms with E-state index in [0.29, 0.717) is 18.8 Å². The van der Waals surface area contributed by atoms with Crippen molar-refractivity contribution >= 4 is 0 Å². The Bertz CT molecular complexity index is 736. The molecule has 1 fully saturated rings. The first-order chi connectivity index (χ1) is 14.6. The molecule has 1 aliphatic heterocycles. The van der Waals surface area contributed by atoms with E-state index in [9.17, 15) is 9.50 Å². The van der Waals surface area contributed by atoms with Crippen LogP contribution in [0.25, 0.3) is 0 Å². The van der Waals surface area contributed by atoms with Gasteiger partial charge in [0.1, 0.15) is 30.0 Å². The van der Waals surface area contributed by atoms with E-state index in [-0.39, 0.29) is 12.4 Å². The number of morpholine rings is 1. The second-order valence-electron chi connectivity index (χ2n) is 7.46. The number of ether oxygens (including phenoxy) is 3. The second-order valence-corrected chi connectivity index (χ2v) is 7.46. The molecule has 1 N–H and O–H groups in total. The number of benzene rings is 2. The maximum absolute atomic E-state index is 13.2. The third kappa shape index (κ3) is 7.57. The SMILES string of the molecule is COc1ccc(OC[C@H](O)CN(CCN2CCOCC2)Cc2ccc(F)cc2)cc1. The summed E-state index contributed by atoms with van der Waals surface area (Å²) in [5.41, 5.74) is 1.02. The maximum Gasteiger partial charge on any atom is 0.123 e. The molecule has 0 aliphatic carbocycles. The number of rotatable bonds is 11. The zero-order valence-corrected chi connectivity index (χ0v) is 17.5. The predicted molar refractivity (Wildman–Crippen MR) is 113 cm³/mol. The number of hydrogen-bond donors (Lipinski definition) is 1. The Hall–Kier alpha value is -2.19. The molecule has 7 heteroatoms. The van der Waals surface area contributed by atoms with Gasteiger partial charge in [-0.2, -0.15) is 0 Å². The van der Waals surface area contributed by atoms with Crippen molar-refractivity contribution in [2.75, 3.05) is 59.7 Å². The van der Waals surface area contributed by atoms with Crippen molar-refractivity contribution < 1.29 is 23.7 Å². The quantitative estimate of drug-likeness (QED) is 0.605. The van der Waals surface area contributed by atoms with Crippen LogP contribution >= 0.6 is 0 Å². The van der Waals surface area contributed by atoms with Gasteiger partial charge in [-0.3, -0.25) is 9.80 Å². The predicted octanol–water partition coefficient (Wildman–Crippen LogP) is 2.41. The van der Waals surface area contributed by atoms with Gasteiger partial charge in [-0.15, -0.1) is 0 Å². The van der Waals surface area contributed by atoms with Crippen LogP contribution in [0.4, 0.5) is 4.39 Å². The Morgan fingerprint density at radius 2 is 1.73 bits per heavy atom. The van der Waals surface area contributed by atoms with Crippen molar-refractivity contribution in [2.24, 2.45) is 0 Å². The van der Waals surface area contributed by atoms with Gasteiger partial charge in [0.25, 0.3) is 0 Å². The standard InChI is InChI=1S/C23H31FN2O4/c1-28-22-6-8-23(9-7-22)30-18-21(27)17-26(11-10-25-12-14-29-15-13-25)16-19-2-4-20(24)5-3-19/h2-9,21,27H,10-18H2,1H3/t21-/m1/s1. The second kappa shape index (κ2) is 11.9. The summed E-state index contributed by atoms with van der Waals surface area (Å²) >= 11 is 0. The van der Waals surface area contributed by atoms with Gasteiger partial charge in [0.15, 0.2) is 0 Å². The Morgan fingerprint density at radius 1 is 1.07 bits per heavy atom. The van der Waals surface area contributed by atoms with Gasteiger partial charge < -0.3 is 19.3 Å². The van der Waals surface area contributed by atoms with Crippen LogP contribution in [0.3, 0.4) is 0 Å². The van der Waals surface area contributed by atoms with Crippen LogP contribution in [0.1, 0.15) is 5.56 Å². The highest BCUT2D eigenvalue weighted by Gasteiger charge is 2.16. The average Bonchev–Trinajstić information content (AvgIpc) is 2.78. The lowest BCUT2D eigenvalue weighted by molar-refractivity contribution is 0.0256. The van der Waals surface area contributed by atoms with Gasteiger partial charge >= 0.3 is 0 Å². The van der Waals surface area contributed by atoms with E-state index >= 15 is 0 Å². The third-order valence-electron chi connectivity index (χ3n) is 5.13. The first kappa shape index (κ1) is 22.5. The highest BCUT2D eigenvalue weighted by Crippen LogP contribution is 2.17. The first-order valence-corrected chi connectivity index (χ1v) is 10.3. The number of hydrogen-bond acceptors (Lipinski definition) is 6. The molecule has 2 aromatic carbocycles. The van der Waals surface area contributed by atoms with E-state index in [2.05, 4.69) is 9.80 Å². The Morgan fingerprint density at radius 3 is 2.40 bits per heavy atom. The normalized spacial score (nSPS) is 15.9. The fourth-order valence-electron chi connectivity index (χ4n) is 3.41. The number of halogens is 1. The van der Waals surface area contributed by atoms with E-state index in [1.807, 2.05) is 24.3 Å². The smallest absolute Gasteiger partial charge is 0.123 e. The van der Waals surface area contributed by atoms with Crippen molar-refractivity contribution in [3.8, 4) is 11.5 Å². The Balaban J connectivity index is 1.52. The minimum Gasteiger partial charge on any atom is -0.497 e. The van der Waals surface area contributed by atoms with Crippen molar-refractivity contribution in [3.63, 3.8) is 0 Å². The van der Waals surface area contributed by atoms with Crippen molar-refractivity contribution in [2.45, 2.75) is 12.6 Å². The third-order valence-corrected chi connectivity index (χ3v) is 5.13. The molecule has 164 valence electrons. The van der Waals surface area contributed by atoms with Crippen molar-refractivity contribution in [1.82, 2.24) is 9.80 Å². The molecular weight excluding hydrogens is 387 g/mol. The lowest BCUT2D eigenvalue weighted by Gasteiger charge is -2.31. The lowest BCUT2D eigenvalue weighted by Crippen LogP contribution is -2.43. The molecule has 1 aliphatic rings. The van der Waals surface area contributed by atoms with E-state index in [4.69, 9.17) is 14.2 Å². The first-order valence-electron chi connectivity index (χ1n) is 10.3. The maximum atomic E-state index is 13.2. The largest absolute Gasteiger partial charge is 0.497 e. The summed E-state index contributed by atoms with van der Waals surface area (Å²) in [6.45, 7) is 6.38. The van der Waals surface area contributed by atoms with Crippen LogP contribution in [-0.2, 0) is 11.3 Å². The summed E-state index contributed by atoms with van der Waals surface area (Å²) in [4.78, 5) is 4.55. The Kier molecular flexibility index (Phi) is 8.89. The number of methoxy groups -OCH3 is 1. The van der Waals surface area contributed by atoms with E-state index in [1.165, 1.54) is 12.1 Å². The lowest BCUT2D eigenvalue weighted by atomic mass is 10.2. The van der Waals surface area contributed by atoms with E-state index in [1.54, 1.807) is 19.2 Å². The summed E-state index contributed by atoms with van der Waals surface area (Å²) in [5.74, 6) is 1.20. The molecule has 0 aromatic heterocycles. The summed E-state index contributed by atoms with van der Waals surface area (Å²) in [6.07, 6.45) is -0.641. The number of aliphatic hydroxyl groups excluding tert-OH is 1. The summed E-state index contributed by atoms with van der Waals surface area (Å²) < 4.78 is 29.5. The molecule has 1 saturated heterocycles. The van der Waals surface area contributed by atoms with Crippen LogP contribution < -0.4 is 9.47 Å². The molecule has 0 amide bonds. The minimum absolute atomic E-state index is 0.198.